The van der Waals surface area contributed by atoms with Gasteiger partial charge in [0.05, 0.1) is 12.1 Å². The first-order valence-electron chi connectivity index (χ1n) is 6.49. The normalized spacial score (nSPS) is 15.6. The molecule has 0 aromatic heterocycles. The molecule has 0 radical (unpaired) electrons. The van der Waals surface area contributed by atoms with Crippen LogP contribution in [0.15, 0.2) is 0 Å². The second kappa shape index (κ2) is 7.09. The minimum atomic E-state index is -0.435. The molecule has 0 fully saturated rings. The van der Waals surface area contributed by atoms with Crippen molar-refractivity contribution >= 4 is 5.78 Å². The zero-order valence-corrected chi connectivity index (χ0v) is 12.2. The van der Waals surface area contributed by atoms with Crippen LogP contribution in [0.3, 0.4) is 0 Å². The maximum absolute atomic E-state index is 12.1. The fourth-order valence-electron chi connectivity index (χ4n) is 1.34. The highest BCUT2D eigenvalue weighted by molar-refractivity contribution is 5.89. The van der Waals surface area contributed by atoms with E-state index in [9.17, 15) is 4.79 Å². The molecule has 0 saturated heterocycles. The molecule has 17 heavy (non-hydrogen) atoms. The summed E-state index contributed by atoms with van der Waals surface area (Å²) in [6, 6.07) is 0. The van der Waals surface area contributed by atoms with Crippen molar-refractivity contribution in [2.45, 2.75) is 53.5 Å². The topological polar surface area (TPSA) is 53.2 Å². The predicted octanol–water partition coefficient (Wildman–Crippen LogP) is 1.47. The van der Waals surface area contributed by atoms with Crippen molar-refractivity contribution in [1.29, 1.82) is 0 Å². The molecular formula is C13H29N3O. The van der Waals surface area contributed by atoms with E-state index in [1.54, 1.807) is 0 Å². The number of hydrogen-bond donors (Lipinski definition) is 3. The highest BCUT2D eigenvalue weighted by Gasteiger charge is 2.31. The first-order chi connectivity index (χ1) is 7.75. The monoisotopic (exact) mass is 243 g/mol. The lowest BCUT2D eigenvalue weighted by Gasteiger charge is -2.32. The van der Waals surface area contributed by atoms with Crippen molar-refractivity contribution < 1.29 is 4.79 Å². The molecule has 0 spiro atoms. The first-order valence-corrected chi connectivity index (χ1v) is 6.49. The molecule has 1 atom stereocenters. The van der Waals surface area contributed by atoms with E-state index < -0.39 is 5.54 Å². The summed E-state index contributed by atoms with van der Waals surface area (Å²) in [5.41, 5.74) is 5.63. The molecule has 0 aromatic carbocycles. The van der Waals surface area contributed by atoms with E-state index in [2.05, 4.69) is 36.9 Å². The number of carbonyl (C=O) groups excluding carboxylic acids is 1. The molecule has 0 aromatic rings. The highest BCUT2D eigenvalue weighted by Crippen LogP contribution is 2.16. The average Bonchev–Trinajstić information content (AvgIpc) is 2.25. The van der Waals surface area contributed by atoms with Gasteiger partial charge in [-0.1, -0.05) is 34.6 Å². The molecule has 0 rings (SSSR count). The van der Waals surface area contributed by atoms with Crippen LogP contribution >= 0.6 is 0 Å². The Bertz CT molecular complexity index is 235. The van der Waals surface area contributed by atoms with Gasteiger partial charge in [0.2, 0.25) is 0 Å². The molecule has 0 aliphatic rings. The van der Waals surface area contributed by atoms with Gasteiger partial charge in [0.25, 0.3) is 0 Å². The van der Waals surface area contributed by atoms with Crippen molar-refractivity contribution in [2.24, 2.45) is 5.41 Å². The molecule has 0 aliphatic carbocycles. The van der Waals surface area contributed by atoms with Gasteiger partial charge in [0.15, 0.2) is 5.78 Å². The van der Waals surface area contributed by atoms with Gasteiger partial charge in [0, 0.05) is 13.1 Å². The molecule has 4 nitrogen and oxygen atoms in total. The van der Waals surface area contributed by atoms with Gasteiger partial charge >= 0.3 is 0 Å². The summed E-state index contributed by atoms with van der Waals surface area (Å²) >= 11 is 0. The third-order valence-corrected chi connectivity index (χ3v) is 2.88. The Kier molecular flexibility index (Phi) is 6.90. The van der Waals surface area contributed by atoms with E-state index in [-0.39, 0.29) is 11.2 Å². The number of hydrazine groups is 1. The summed E-state index contributed by atoms with van der Waals surface area (Å²) in [6.07, 6.45) is 0.801. The van der Waals surface area contributed by atoms with Crippen LogP contribution < -0.4 is 16.2 Å². The molecule has 0 bridgehead atoms. The first kappa shape index (κ1) is 16.6. The van der Waals surface area contributed by atoms with Crippen LogP contribution in [0.1, 0.15) is 48.0 Å². The summed E-state index contributed by atoms with van der Waals surface area (Å²) in [5.74, 6) is 0.199. The van der Waals surface area contributed by atoms with Gasteiger partial charge < -0.3 is 5.32 Å². The molecular weight excluding hydrogens is 214 g/mol. The van der Waals surface area contributed by atoms with Crippen LogP contribution in [0.5, 0.6) is 0 Å². The third-order valence-electron chi connectivity index (χ3n) is 2.88. The number of nitrogens with one attached hydrogen (secondary N) is 3. The van der Waals surface area contributed by atoms with E-state index in [4.69, 9.17) is 0 Å². The van der Waals surface area contributed by atoms with Crippen LogP contribution in [0.4, 0.5) is 0 Å². The van der Waals surface area contributed by atoms with Crippen LogP contribution in [-0.4, -0.2) is 31.0 Å². The maximum Gasteiger partial charge on any atom is 0.167 e. The standard InChI is InChI=1S/C13H29N3O/c1-7-13(6,14-10-12(3,4)5)11(17)9-16-15-8-2/h14-16H,7-10H2,1-6H3. The number of hydrogen-bond acceptors (Lipinski definition) is 4. The van der Waals surface area contributed by atoms with Crippen molar-refractivity contribution in [1.82, 2.24) is 16.2 Å². The second-order valence-electron chi connectivity index (χ2n) is 5.91. The zero-order chi connectivity index (χ0) is 13.5. The van der Waals surface area contributed by atoms with E-state index in [0.29, 0.717) is 6.54 Å². The Hall–Kier alpha value is -0.450. The summed E-state index contributed by atoms with van der Waals surface area (Å²) in [4.78, 5) is 12.1. The fourth-order valence-corrected chi connectivity index (χ4v) is 1.34. The van der Waals surface area contributed by atoms with E-state index in [1.165, 1.54) is 0 Å². The Balaban J connectivity index is 4.29. The summed E-state index contributed by atoms with van der Waals surface area (Å²) < 4.78 is 0. The molecule has 3 N–H and O–H groups in total. The van der Waals surface area contributed by atoms with E-state index >= 15 is 0 Å². The van der Waals surface area contributed by atoms with Gasteiger partial charge in [-0.3, -0.25) is 15.6 Å². The fraction of sp³-hybridized carbons (Fsp3) is 0.923. The smallest absolute Gasteiger partial charge is 0.167 e. The maximum atomic E-state index is 12.1. The Morgan fingerprint density at radius 3 is 2.06 bits per heavy atom. The van der Waals surface area contributed by atoms with Crippen LogP contribution in [0, 0.1) is 5.41 Å². The number of Topliss-reactive ketones (excluding diaryl/α,β-unsaturated/α-hetero) is 1. The quantitative estimate of drug-likeness (QED) is 0.446. The van der Waals surface area contributed by atoms with E-state index in [0.717, 1.165) is 19.5 Å². The van der Waals surface area contributed by atoms with Gasteiger partial charge in [-0.15, -0.1) is 0 Å². The lowest BCUT2D eigenvalue weighted by Crippen LogP contribution is -2.55. The molecule has 0 aliphatic heterocycles. The molecule has 1 unspecified atom stereocenters. The van der Waals surface area contributed by atoms with Crippen LogP contribution in [0.25, 0.3) is 0 Å². The summed E-state index contributed by atoms with van der Waals surface area (Å²) in [7, 11) is 0. The minimum Gasteiger partial charge on any atom is -0.305 e. The molecule has 0 heterocycles. The van der Waals surface area contributed by atoms with Crippen molar-refractivity contribution in [3.8, 4) is 0 Å². The molecule has 0 saturated carbocycles. The largest absolute Gasteiger partial charge is 0.305 e. The van der Waals surface area contributed by atoms with Gasteiger partial charge in [0.1, 0.15) is 0 Å². The van der Waals surface area contributed by atoms with Crippen molar-refractivity contribution in [3.05, 3.63) is 0 Å². The lowest BCUT2D eigenvalue weighted by atomic mass is 9.89. The van der Waals surface area contributed by atoms with Gasteiger partial charge in [-0.05, 0) is 18.8 Å². The Morgan fingerprint density at radius 1 is 1.06 bits per heavy atom. The average molecular weight is 243 g/mol. The zero-order valence-electron chi connectivity index (χ0n) is 12.2. The Morgan fingerprint density at radius 2 is 1.65 bits per heavy atom. The van der Waals surface area contributed by atoms with Crippen molar-refractivity contribution in [2.75, 3.05) is 19.6 Å². The minimum absolute atomic E-state index is 0.186. The number of ketones is 1. The van der Waals surface area contributed by atoms with Crippen LogP contribution in [-0.2, 0) is 4.79 Å². The lowest BCUT2D eigenvalue weighted by molar-refractivity contribution is -0.124. The van der Waals surface area contributed by atoms with E-state index in [1.807, 2.05) is 20.8 Å². The van der Waals surface area contributed by atoms with Gasteiger partial charge in [-0.25, -0.2) is 0 Å². The Labute approximate surface area is 106 Å². The SMILES string of the molecule is CCNNCC(=O)C(C)(CC)NCC(C)(C)C. The second-order valence-corrected chi connectivity index (χ2v) is 5.91. The highest BCUT2D eigenvalue weighted by atomic mass is 16.1. The van der Waals surface area contributed by atoms with Crippen molar-refractivity contribution in [3.63, 3.8) is 0 Å². The summed E-state index contributed by atoms with van der Waals surface area (Å²) in [6.45, 7) is 14.5. The molecule has 0 amide bonds. The van der Waals surface area contributed by atoms with Crippen LogP contribution in [0.2, 0.25) is 0 Å². The molecule has 4 heteroatoms. The van der Waals surface area contributed by atoms with Gasteiger partial charge in [-0.2, -0.15) is 0 Å². The number of carbonyl (C=O) groups is 1. The summed E-state index contributed by atoms with van der Waals surface area (Å²) in [5, 5.41) is 3.40. The molecule has 102 valence electrons. The number of rotatable bonds is 8. The predicted molar refractivity (Wildman–Crippen MR) is 72.8 cm³/mol. The third kappa shape index (κ3) is 6.76.